The third-order valence-corrected chi connectivity index (χ3v) is 4.25. The molecule has 2 aromatic heterocycles. The van der Waals surface area contributed by atoms with Gasteiger partial charge in [0.05, 0.1) is 29.5 Å². The monoisotopic (exact) mass is 387 g/mol. The molecule has 0 radical (unpaired) electrons. The molecule has 4 rings (SSSR count). The Labute approximate surface area is 156 Å². The fourth-order valence-electron chi connectivity index (χ4n) is 2.96. The number of hydrogen-bond acceptors (Lipinski definition) is 4. The van der Waals surface area contributed by atoms with Crippen molar-refractivity contribution in [3.8, 4) is 11.3 Å². The molecule has 0 aliphatic carbocycles. The molecule has 0 bridgehead atoms. The largest absolute Gasteiger partial charge is 0.416 e. The van der Waals surface area contributed by atoms with Gasteiger partial charge in [-0.2, -0.15) is 18.3 Å². The highest BCUT2D eigenvalue weighted by Gasteiger charge is 2.31. The molecule has 5 nitrogen and oxygen atoms in total. The number of nitrogens with zero attached hydrogens (tertiary/aromatic N) is 4. The van der Waals surface area contributed by atoms with Gasteiger partial charge in [0.15, 0.2) is 0 Å². The number of halogens is 4. The first-order valence-electron chi connectivity index (χ1n) is 8.21. The second kappa shape index (κ2) is 6.59. The SMILES string of the molecule is Nc1ccc2c(-c3cc(C(F)(F)F)ccc3F)nn(Cc3cnccn3)c2c1. The van der Waals surface area contributed by atoms with Crippen molar-refractivity contribution >= 4 is 16.6 Å². The summed E-state index contributed by atoms with van der Waals surface area (Å²) >= 11 is 0. The van der Waals surface area contributed by atoms with Crippen LogP contribution in [0.2, 0.25) is 0 Å². The second-order valence-electron chi connectivity index (χ2n) is 6.17. The Hall–Kier alpha value is -3.49. The highest BCUT2D eigenvalue weighted by atomic mass is 19.4. The van der Waals surface area contributed by atoms with E-state index in [4.69, 9.17) is 5.73 Å². The Morgan fingerprint density at radius 1 is 1.04 bits per heavy atom. The number of benzene rings is 2. The van der Waals surface area contributed by atoms with Crippen LogP contribution in [0.3, 0.4) is 0 Å². The van der Waals surface area contributed by atoms with E-state index in [2.05, 4.69) is 15.1 Å². The Morgan fingerprint density at radius 2 is 1.86 bits per heavy atom. The van der Waals surface area contributed by atoms with Crippen LogP contribution in [0, 0.1) is 5.82 Å². The number of alkyl halides is 3. The molecule has 0 unspecified atom stereocenters. The van der Waals surface area contributed by atoms with Crippen molar-refractivity contribution in [1.29, 1.82) is 0 Å². The summed E-state index contributed by atoms with van der Waals surface area (Å²) in [6, 6.07) is 7.10. The number of rotatable bonds is 3. The number of aromatic nitrogens is 4. The van der Waals surface area contributed by atoms with E-state index < -0.39 is 17.6 Å². The van der Waals surface area contributed by atoms with Crippen LogP contribution in [-0.4, -0.2) is 19.7 Å². The van der Waals surface area contributed by atoms with E-state index in [1.807, 2.05) is 0 Å². The first-order valence-corrected chi connectivity index (χ1v) is 8.21. The summed E-state index contributed by atoms with van der Waals surface area (Å²) in [5.41, 5.74) is 6.36. The molecule has 4 aromatic rings. The van der Waals surface area contributed by atoms with Crippen LogP contribution in [0.25, 0.3) is 22.2 Å². The predicted octanol–water partition coefficient (Wildman–Crippen LogP) is 4.28. The average molecular weight is 387 g/mol. The molecule has 28 heavy (non-hydrogen) atoms. The minimum absolute atomic E-state index is 0.0995. The summed E-state index contributed by atoms with van der Waals surface area (Å²) in [5.74, 6) is -0.795. The molecule has 2 heterocycles. The molecule has 0 aliphatic rings. The van der Waals surface area contributed by atoms with Gasteiger partial charge >= 0.3 is 6.18 Å². The van der Waals surface area contributed by atoms with E-state index in [0.717, 1.165) is 12.1 Å². The van der Waals surface area contributed by atoms with E-state index in [1.165, 1.54) is 17.1 Å². The average Bonchev–Trinajstić information content (AvgIpc) is 2.99. The molecule has 0 saturated heterocycles. The van der Waals surface area contributed by atoms with Gasteiger partial charge in [0.1, 0.15) is 11.5 Å². The minimum Gasteiger partial charge on any atom is -0.399 e. The van der Waals surface area contributed by atoms with E-state index in [9.17, 15) is 17.6 Å². The molecule has 2 N–H and O–H groups in total. The van der Waals surface area contributed by atoms with Crippen LogP contribution in [0.15, 0.2) is 55.0 Å². The van der Waals surface area contributed by atoms with E-state index in [1.54, 1.807) is 24.4 Å². The van der Waals surface area contributed by atoms with Crippen LogP contribution in [-0.2, 0) is 12.7 Å². The molecule has 9 heteroatoms. The molecule has 142 valence electrons. The zero-order valence-corrected chi connectivity index (χ0v) is 14.3. The lowest BCUT2D eigenvalue weighted by Gasteiger charge is -2.09. The van der Waals surface area contributed by atoms with Crippen molar-refractivity contribution < 1.29 is 17.6 Å². The van der Waals surface area contributed by atoms with E-state index >= 15 is 0 Å². The highest BCUT2D eigenvalue weighted by Crippen LogP contribution is 2.36. The number of nitrogen functional groups attached to an aromatic ring is 1. The van der Waals surface area contributed by atoms with E-state index in [0.29, 0.717) is 28.4 Å². The summed E-state index contributed by atoms with van der Waals surface area (Å²) in [4.78, 5) is 8.15. The molecular weight excluding hydrogens is 374 g/mol. The molecule has 0 spiro atoms. The van der Waals surface area contributed by atoms with Gasteiger partial charge in [0, 0.05) is 29.0 Å². The molecule has 2 aromatic carbocycles. The summed E-state index contributed by atoms with van der Waals surface area (Å²) < 4.78 is 55.2. The maximum atomic E-state index is 14.4. The van der Waals surface area contributed by atoms with Gasteiger partial charge < -0.3 is 5.73 Å². The smallest absolute Gasteiger partial charge is 0.399 e. The van der Waals surface area contributed by atoms with Gasteiger partial charge in [-0.1, -0.05) is 0 Å². The van der Waals surface area contributed by atoms with Crippen molar-refractivity contribution in [1.82, 2.24) is 19.7 Å². The molecule has 0 aliphatic heterocycles. The summed E-state index contributed by atoms with van der Waals surface area (Å²) in [6.45, 7) is 0.203. The normalized spacial score (nSPS) is 11.9. The Morgan fingerprint density at radius 3 is 2.57 bits per heavy atom. The van der Waals surface area contributed by atoms with Crippen LogP contribution >= 0.6 is 0 Å². The van der Waals surface area contributed by atoms with Crippen LogP contribution in [0.4, 0.5) is 23.2 Å². The van der Waals surface area contributed by atoms with Gasteiger partial charge in [-0.3, -0.25) is 14.6 Å². The van der Waals surface area contributed by atoms with E-state index in [-0.39, 0.29) is 17.8 Å². The number of hydrogen-bond donors (Lipinski definition) is 1. The first-order chi connectivity index (χ1) is 13.3. The van der Waals surface area contributed by atoms with Crippen molar-refractivity contribution in [2.45, 2.75) is 12.7 Å². The maximum absolute atomic E-state index is 14.4. The molecule has 0 saturated carbocycles. The van der Waals surface area contributed by atoms with Gasteiger partial charge in [0.25, 0.3) is 0 Å². The fourth-order valence-corrected chi connectivity index (χ4v) is 2.96. The minimum atomic E-state index is -4.59. The predicted molar refractivity (Wildman–Crippen MR) is 95.7 cm³/mol. The lowest BCUT2D eigenvalue weighted by molar-refractivity contribution is -0.137. The standard InChI is InChI=1S/C19H13F4N5/c20-16-4-1-11(19(21,22)23)7-15(16)18-14-3-2-12(24)8-17(14)28(27-18)10-13-9-25-5-6-26-13/h1-9H,10,24H2. The maximum Gasteiger partial charge on any atom is 0.416 e. The summed E-state index contributed by atoms with van der Waals surface area (Å²) in [7, 11) is 0. The molecular formula is C19H13F4N5. The lowest BCUT2D eigenvalue weighted by Crippen LogP contribution is -2.06. The van der Waals surface area contributed by atoms with Gasteiger partial charge in [-0.25, -0.2) is 4.39 Å². The molecule has 0 atom stereocenters. The third kappa shape index (κ3) is 3.26. The zero-order chi connectivity index (χ0) is 19.9. The molecule has 0 fully saturated rings. The van der Waals surface area contributed by atoms with Crippen molar-refractivity contribution in [3.63, 3.8) is 0 Å². The van der Waals surface area contributed by atoms with Crippen molar-refractivity contribution in [2.75, 3.05) is 5.73 Å². The van der Waals surface area contributed by atoms with Gasteiger partial charge in [-0.05, 0) is 36.4 Å². The Kier molecular flexibility index (Phi) is 4.21. The number of fused-ring (bicyclic) bond motifs is 1. The quantitative estimate of drug-likeness (QED) is 0.421. The first kappa shape index (κ1) is 17.9. The summed E-state index contributed by atoms with van der Waals surface area (Å²) in [6.07, 6.45) is -0.00981. The third-order valence-electron chi connectivity index (χ3n) is 4.25. The molecule has 0 amide bonds. The van der Waals surface area contributed by atoms with Crippen molar-refractivity contribution in [2.24, 2.45) is 0 Å². The van der Waals surface area contributed by atoms with Gasteiger partial charge in [-0.15, -0.1) is 0 Å². The topological polar surface area (TPSA) is 69.6 Å². The Balaban J connectivity index is 1.91. The van der Waals surface area contributed by atoms with Crippen LogP contribution in [0.1, 0.15) is 11.3 Å². The van der Waals surface area contributed by atoms with Gasteiger partial charge in [0.2, 0.25) is 0 Å². The van der Waals surface area contributed by atoms with Crippen LogP contribution in [0.5, 0.6) is 0 Å². The fraction of sp³-hybridized carbons (Fsp3) is 0.105. The zero-order valence-electron chi connectivity index (χ0n) is 14.3. The van der Waals surface area contributed by atoms with Crippen LogP contribution < -0.4 is 5.73 Å². The van der Waals surface area contributed by atoms with Crippen molar-refractivity contribution in [3.05, 3.63) is 72.1 Å². The lowest BCUT2D eigenvalue weighted by atomic mass is 10.0. The number of anilines is 1. The summed E-state index contributed by atoms with van der Waals surface area (Å²) in [5, 5.41) is 4.85. The second-order valence-corrected chi connectivity index (χ2v) is 6.17. The number of nitrogens with two attached hydrogens (primary N) is 1. The Bertz CT molecular complexity index is 1150. The highest BCUT2D eigenvalue weighted by molar-refractivity contribution is 5.95.